The van der Waals surface area contributed by atoms with Crippen molar-refractivity contribution < 1.29 is 19.1 Å². The number of para-hydroxylation sites is 1. The zero-order chi connectivity index (χ0) is 27.5. The molecule has 0 bridgehead atoms. The highest BCUT2D eigenvalue weighted by Crippen LogP contribution is 2.35. The summed E-state index contributed by atoms with van der Waals surface area (Å²) in [7, 11) is 0. The molecule has 0 fully saturated rings. The van der Waals surface area contributed by atoms with Gasteiger partial charge in [0.25, 0.3) is 5.91 Å². The van der Waals surface area contributed by atoms with E-state index in [1.807, 2.05) is 85.8 Å². The molecule has 1 N–H and O–H groups in total. The molecule has 9 nitrogen and oxygen atoms in total. The summed E-state index contributed by atoms with van der Waals surface area (Å²) in [6.07, 6.45) is 0. The maximum Gasteiger partial charge on any atom is 0.251 e. The second-order valence-corrected chi connectivity index (χ2v) is 9.55. The van der Waals surface area contributed by atoms with Crippen LogP contribution >= 0.6 is 0 Å². The van der Waals surface area contributed by atoms with Gasteiger partial charge in [-0.3, -0.25) is 9.59 Å². The Balaban J connectivity index is 1.38. The van der Waals surface area contributed by atoms with Gasteiger partial charge in [0.15, 0.2) is 11.5 Å². The van der Waals surface area contributed by atoms with Crippen LogP contribution in [-0.2, 0) is 22.7 Å². The number of nitrogens with zero attached hydrogens (tertiary/aromatic N) is 4. The topological polar surface area (TPSA) is 98.6 Å². The molecule has 0 aliphatic carbocycles. The van der Waals surface area contributed by atoms with Crippen LogP contribution in [-0.4, -0.2) is 38.5 Å². The molecule has 1 aliphatic rings. The Hall–Kier alpha value is -5.18. The first-order valence-electron chi connectivity index (χ1n) is 12.9. The number of carbonyl (C=O) groups is 2. The molecular weight excluding hydrogens is 506 g/mol. The Morgan fingerprint density at radius 1 is 0.925 bits per heavy atom. The van der Waals surface area contributed by atoms with Gasteiger partial charge < -0.3 is 19.7 Å². The van der Waals surface area contributed by atoms with Crippen molar-refractivity contribution in [1.29, 1.82) is 0 Å². The van der Waals surface area contributed by atoms with Crippen LogP contribution in [0.1, 0.15) is 22.7 Å². The number of hydrogen-bond donors (Lipinski definition) is 1. The van der Waals surface area contributed by atoms with Gasteiger partial charge in [-0.15, -0.1) is 5.10 Å². The van der Waals surface area contributed by atoms with Gasteiger partial charge in [-0.1, -0.05) is 71.9 Å². The minimum absolute atomic E-state index is 0.0764. The summed E-state index contributed by atoms with van der Waals surface area (Å²) < 4.78 is 12.5. The fourth-order valence-corrected chi connectivity index (χ4v) is 4.84. The number of aromatic nitrogens is 3. The maximum atomic E-state index is 14.1. The van der Waals surface area contributed by atoms with Crippen molar-refractivity contribution in [1.82, 2.24) is 19.9 Å². The second-order valence-electron chi connectivity index (χ2n) is 9.55. The average molecular weight is 534 g/mol. The zero-order valence-electron chi connectivity index (χ0n) is 21.9. The maximum absolute atomic E-state index is 14.1. The van der Waals surface area contributed by atoms with Gasteiger partial charge in [0.05, 0.1) is 5.52 Å². The number of ether oxygens (including phenoxy) is 2. The lowest BCUT2D eigenvalue weighted by Gasteiger charge is -2.32. The molecule has 2 amide bonds. The molecule has 0 spiro atoms. The van der Waals surface area contributed by atoms with Crippen molar-refractivity contribution >= 4 is 28.5 Å². The van der Waals surface area contributed by atoms with E-state index >= 15 is 0 Å². The monoisotopic (exact) mass is 533 g/mol. The van der Waals surface area contributed by atoms with E-state index in [2.05, 4.69) is 15.6 Å². The van der Waals surface area contributed by atoms with Crippen molar-refractivity contribution in [3.05, 3.63) is 114 Å². The first-order chi connectivity index (χ1) is 19.6. The number of benzene rings is 4. The Morgan fingerprint density at radius 3 is 2.52 bits per heavy atom. The van der Waals surface area contributed by atoms with Gasteiger partial charge in [-0.25, -0.2) is 4.68 Å². The molecular formula is C31H27N5O4. The largest absolute Gasteiger partial charge is 0.454 e. The quantitative estimate of drug-likeness (QED) is 0.305. The summed E-state index contributed by atoms with van der Waals surface area (Å²) in [4.78, 5) is 29.8. The lowest BCUT2D eigenvalue weighted by atomic mass is 10.0. The Kier molecular flexibility index (Phi) is 6.84. The van der Waals surface area contributed by atoms with Crippen LogP contribution in [0.4, 0.5) is 5.69 Å². The van der Waals surface area contributed by atoms with Crippen molar-refractivity contribution in [2.24, 2.45) is 0 Å². The van der Waals surface area contributed by atoms with Crippen molar-refractivity contribution in [3.8, 4) is 11.5 Å². The Labute approximate surface area is 230 Å². The fourth-order valence-electron chi connectivity index (χ4n) is 4.84. The van der Waals surface area contributed by atoms with Gasteiger partial charge in [0, 0.05) is 18.3 Å². The SMILES string of the molecule is Cc1ccccc1CN(C(=O)Cn1nnc2ccccc21)C(C(=O)Nc1ccc2c(c1)OCO2)c1ccccc1. The molecule has 0 saturated carbocycles. The number of anilines is 1. The lowest BCUT2D eigenvalue weighted by Crippen LogP contribution is -2.42. The van der Waals surface area contributed by atoms with E-state index in [1.54, 1.807) is 27.8 Å². The molecule has 1 atom stereocenters. The molecule has 5 aromatic rings. The van der Waals surface area contributed by atoms with Crippen molar-refractivity contribution in [2.75, 3.05) is 12.1 Å². The van der Waals surface area contributed by atoms with Crippen LogP contribution in [0.25, 0.3) is 11.0 Å². The molecule has 2 heterocycles. The summed E-state index contributed by atoms with van der Waals surface area (Å²) in [5.41, 5.74) is 4.63. The third-order valence-electron chi connectivity index (χ3n) is 6.94. The number of fused-ring (bicyclic) bond motifs is 2. The van der Waals surface area contributed by atoms with Gasteiger partial charge in [-0.05, 0) is 47.9 Å². The van der Waals surface area contributed by atoms with Crippen LogP contribution in [0.15, 0.2) is 97.1 Å². The highest BCUT2D eigenvalue weighted by molar-refractivity contribution is 5.98. The predicted octanol–water partition coefficient (Wildman–Crippen LogP) is 4.88. The average Bonchev–Trinajstić information content (AvgIpc) is 3.61. The molecule has 0 radical (unpaired) electrons. The number of nitrogens with one attached hydrogen (secondary N) is 1. The highest BCUT2D eigenvalue weighted by atomic mass is 16.7. The molecule has 6 rings (SSSR count). The first kappa shape index (κ1) is 25.1. The molecule has 9 heteroatoms. The second kappa shape index (κ2) is 10.9. The molecule has 200 valence electrons. The summed E-state index contributed by atoms with van der Waals surface area (Å²) in [6.45, 7) is 2.28. The zero-order valence-corrected chi connectivity index (χ0v) is 21.9. The summed E-state index contributed by atoms with van der Waals surface area (Å²) in [5.74, 6) is 0.554. The molecule has 1 unspecified atom stereocenters. The molecule has 40 heavy (non-hydrogen) atoms. The molecule has 1 aromatic heterocycles. The number of rotatable bonds is 8. The highest BCUT2D eigenvalue weighted by Gasteiger charge is 2.32. The fraction of sp³-hybridized carbons (Fsp3) is 0.161. The number of aryl methyl sites for hydroxylation is 1. The number of carbonyl (C=O) groups excluding carboxylic acids is 2. The van der Waals surface area contributed by atoms with Crippen LogP contribution in [0.2, 0.25) is 0 Å². The number of hydrogen-bond acceptors (Lipinski definition) is 6. The van der Waals surface area contributed by atoms with Crippen LogP contribution in [0.5, 0.6) is 11.5 Å². The van der Waals surface area contributed by atoms with E-state index in [0.717, 1.165) is 16.6 Å². The first-order valence-corrected chi connectivity index (χ1v) is 12.9. The van der Waals surface area contributed by atoms with E-state index in [0.29, 0.717) is 28.3 Å². The normalized spacial score (nSPS) is 12.7. The van der Waals surface area contributed by atoms with Crippen molar-refractivity contribution in [2.45, 2.75) is 26.1 Å². The van der Waals surface area contributed by atoms with Gasteiger partial charge in [0.1, 0.15) is 18.1 Å². The van der Waals surface area contributed by atoms with Crippen LogP contribution in [0.3, 0.4) is 0 Å². The molecule has 1 aliphatic heterocycles. The van der Waals surface area contributed by atoms with Crippen LogP contribution in [0, 0.1) is 6.92 Å². The minimum atomic E-state index is -0.923. The van der Waals surface area contributed by atoms with E-state index in [4.69, 9.17) is 9.47 Å². The van der Waals surface area contributed by atoms with Gasteiger partial charge in [0.2, 0.25) is 12.7 Å². The minimum Gasteiger partial charge on any atom is -0.454 e. The van der Waals surface area contributed by atoms with E-state index < -0.39 is 6.04 Å². The standard InChI is InChI=1S/C31H27N5O4/c1-21-9-5-6-12-23(21)18-35(29(37)19-36-26-14-8-7-13-25(26)33-34-36)30(22-10-3-2-4-11-22)31(38)32-24-15-16-27-28(17-24)40-20-39-27/h2-17,30H,18-20H2,1H3,(H,32,38). The van der Waals surface area contributed by atoms with E-state index in [-0.39, 0.29) is 31.7 Å². The molecule has 0 saturated heterocycles. The van der Waals surface area contributed by atoms with E-state index in [9.17, 15) is 9.59 Å². The third kappa shape index (κ3) is 5.09. The summed E-state index contributed by atoms with van der Waals surface area (Å²) in [6, 6.07) is 28.9. The molecule has 4 aromatic carbocycles. The van der Waals surface area contributed by atoms with Crippen LogP contribution < -0.4 is 14.8 Å². The van der Waals surface area contributed by atoms with Crippen molar-refractivity contribution in [3.63, 3.8) is 0 Å². The van der Waals surface area contributed by atoms with E-state index in [1.165, 1.54) is 0 Å². The summed E-state index contributed by atoms with van der Waals surface area (Å²) in [5, 5.41) is 11.4. The van der Waals surface area contributed by atoms with Gasteiger partial charge in [-0.2, -0.15) is 0 Å². The third-order valence-corrected chi connectivity index (χ3v) is 6.94. The smallest absolute Gasteiger partial charge is 0.251 e. The number of amides is 2. The predicted molar refractivity (Wildman–Crippen MR) is 150 cm³/mol. The lowest BCUT2D eigenvalue weighted by molar-refractivity contribution is -0.140. The summed E-state index contributed by atoms with van der Waals surface area (Å²) >= 11 is 0. The Bertz CT molecular complexity index is 1680. The Morgan fingerprint density at radius 2 is 1.68 bits per heavy atom. The van der Waals surface area contributed by atoms with Gasteiger partial charge >= 0.3 is 0 Å².